The number of furan rings is 1. The first-order valence-electron chi connectivity index (χ1n) is 7.18. The van der Waals surface area contributed by atoms with Crippen molar-refractivity contribution in [1.82, 2.24) is 0 Å². The molecule has 21 heavy (non-hydrogen) atoms. The Labute approximate surface area is 128 Å². The van der Waals surface area contributed by atoms with Crippen LogP contribution >= 0.6 is 11.6 Å². The standard InChI is InChI=1S/C18H15ClO2/c19-15-3-1-2-14-10-16(21-18(14)15)17(20)13-8-6-12(7-9-13)11-4-5-11/h1-3,6-11,17,20H,4-5H2. The molecule has 1 aromatic heterocycles. The van der Waals surface area contributed by atoms with Crippen molar-refractivity contribution in [3.05, 3.63) is 70.4 Å². The highest BCUT2D eigenvalue weighted by molar-refractivity contribution is 6.34. The fourth-order valence-corrected chi connectivity index (χ4v) is 2.93. The zero-order valence-electron chi connectivity index (χ0n) is 11.4. The summed E-state index contributed by atoms with van der Waals surface area (Å²) in [6, 6.07) is 15.6. The Hall–Kier alpha value is -1.77. The van der Waals surface area contributed by atoms with E-state index in [2.05, 4.69) is 12.1 Å². The van der Waals surface area contributed by atoms with Crippen LogP contribution in [0.15, 0.2) is 52.9 Å². The third-order valence-corrected chi connectivity index (χ3v) is 4.38. The monoisotopic (exact) mass is 298 g/mol. The van der Waals surface area contributed by atoms with Crippen LogP contribution in [0.25, 0.3) is 11.0 Å². The topological polar surface area (TPSA) is 33.4 Å². The summed E-state index contributed by atoms with van der Waals surface area (Å²) >= 11 is 6.11. The van der Waals surface area contributed by atoms with Crippen LogP contribution in [0.4, 0.5) is 0 Å². The van der Waals surface area contributed by atoms with Crippen molar-refractivity contribution in [2.24, 2.45) is 0 Å². The minimum Gasteiger partial charge on any atom is -0.456 e. The maximum absolute atomic E-state index is 10.5. The fraction of sp³-hybridized carbons (Fsp3) is 0.222. The molecule has 0 amide bonds. The number of hydrogen-bond acceptors (Lipinski definition) is 2. The van der Waals surface area contributed by atoms with Gasteiger partial charge in [-0.05, 0) is 42.0 Å². The highest BCUT2D eigenvalue weighted by Gasteiger charge is 2.24. The van der Waals surface area contributed by atoms with Gasteiger partial charge in [0.05, 0.1) is 5.02 Å². The zero-order chi connectivity index (χ0) is 14.4. The molecule has 1 aliphatic rings. The molecular weight excluding hydrogens is 284 g/mol. The van der Waals surface area contributed by atoms with E-state index in [0.29, 0.717) is 16.4 Å². The Morgan fingerprint density at radius 2 is 1.86 bits per heavy atom. The first-order valence-corrected chi connectivity index (χ1v) is 7.56. The number of fused-ring (bicyclic) bond motifs is 1. The van der Waals surface area contributed by atoms with Crippen LogP contribution in [-0.4, -0.2) is 5.11 Å². The van der Waals surface area contributed by atoms with Crippen molar-refractivity contribution in [3.63, 3.8) is 0 Å². The van der Waals surface area contributed by atoms with E-state index in [1.54, 1.807) is 6.07 Å². The van der Waals surface area contributed by atoms with Gasteiger partial charge in [0.25, 0.3) is 0 Å². The summed E-state index contributed by atoms with van der Waals surface area (Å²) in [6.07, 6.45) is 1.80. The number of aliphatic hydroxyl groups excluding tert-OH is 1. The number of hydrogen-bond donors (Lipinski definition) is 1. The SMILES string of the molecule is OC(c1ccc(C2CC2)cc1)c1cc2cccc(Cl)c2o1. The Morgan fingerprint density at radius 1 is 1.10 bits per heavy atom. The van der Waals surface area contributed by atoms with E-state index in [1.165, 1.54) is 18.4 Å². The van der Waals surface area contributed by atoms with Gasteiger partial charge in [-0.2, -0.15) is 0 Å². The van der Waals surface area contributed by atoms with Crippen molar-refractivity contribution in [1.29, 1.82) is 0 Å². The fourth-order valence-electron chi connectivity index (χ4n) is 2.71. The molecule has 1 fully saturated rings. The second kappa shape index (κ2) is 4.90. The van der Waals surface area contributed by atoms with Gasteiger partial charge in [0.2, 0.25) is 0 Å². The average molecular weight is 299 g/mol. The molecule has 0 saturated heterocycles. The average Bonchev–Trinajstić information content (AvgIpc) is 3.26. The minimum atomic E-state index is -0.762. The molecule has 1 atom stereocenters. The molecule has 2 nitrogen and oxygen atoms in total. The Morgan fingerprint density at radius 3 is 2.52 bits per heavy atom. The predicted octanol–water partition coefficient (Wildman–Crippen LogP) is 5.05. The summed E-state index contributed by atoms with van der Waals surface area (Å²) < 4.78 is 5.72. The Balaban J connectivity index is 1.68. The smallest absolute Gasteiger partial charge is 0.153 e. The molecule has 0 aliphatic heterocycles. The first-order chi connectivity index (χ1) is 10.2. The van der Waals surface area contributed by atoms with E-state index >= 15 is 0 Å². The van der Waals surface area contributed by atoms with Crippen LogP contribution in [-0.2, 0) is 0 Å². The largest absolute Gasteiger partial charge is 0.456 e. The lowest BCUT2D eigenvalue weighted by Gasteiger charge is -2.08. The van der Waals surface area contributed by atoms with Crippen LogP contribution in [0.1, 0.15) is 41.8 Å². The van der Waals surface area contributed by atoms with Crippen LogP contribution in [0.3, 0.4) is 0 Å². The molecule has 0 spiro atoms. The van der Waals surface area contributed by atoms with Crippen LogP contribution in [0.5, 0.6) is 0 Å². The van der Waals surface area contributed by atoms with Gasteiger partial charge in [0.15, 0.2) is 5.58 Å². The van der Waals surface area contributed by atoms with Crippen LogP contribution < -0.4 is 0 Å². The molecule has 1 N–H and O–H groups in total. The molecular formula is C18H15ClO2. The molecule has 106 valence electrons. The summed E-state index contributed by atoms with van der Waals surface area (Å²) in [6.45, 7) is 0. The van der Waals surface area contributed by atoms with Gasteiger partial charge in [-0.25, -0.2) is 0 Å². The molecule has 1 saturated carbocycles. The summed E-state index contributed by atoms with van der Waals surface area (Å²) in [5.41, 5.74) is 2.83. The number of aliphatic hydroxyl groups is 1. The highest BCUT2D eigenvalue weighted by atomic mass is 35.5. The Kier molecular flexibility index (Phi) is 3.02. The minimum absolute atomic E-state index is 0.525. The number of rotatable bonds is 3. The van der Waals surface area contributed by atoms with Crippen molar-refractivity contribution in [3.8, 4) is 0 Å². The number of para-hydroxylation sites is 1. The predicted molar refractivity (Wildman–Crippen MR) is 83.7 cm³/mol. The molecule has 1 unspecified atom stereocenters. The van der Waals surface area contributed by atoms with E-state index in [4.69, 9.17) is 16.0 Å². The zero-order valence-corrected chi connectivity index (χ0v) is 12.2. The van der Waals surface area contributed by atoms with E-state index in [-0.39, 0.29) is 0 Å². The summed E-state index contributed by atoms with van der Waals surface area (Å²) in [4.78, 5) is 0. The lowest BCUT2D eigenvalue weighted by Crippen LogP contribution is -1.97. The Bertz CT molecular complexity index is 785. The van der Waals surface area contributed by atoms with Gasteiger partial charge in [-0.15, -0.1) is 0 Å². The molecule has 0 radical (unpaired) electrons. The van der Waals surface area contributed by atoms with Gasteiger partial charge >= 0.3 is 0 Å². The molecule has 3 aromatic rings. The normalized spacial score (nSPS) is 16.3. The van der Waals surface area contributed by atoms with Gasteiger partial charge in [-0.1, -0.05) is 48.0 Å². The summed E-state index contributed by atoms with van der Waals surface area (Å²) in [7, 11) is 0. The molecule has 1 heterocycles. The van der Waals surface area contributed by atoms with Gasteiger partial charge in [-0.3, -0.25) is 0 Å². The molecule has 2 aromatic carbocycles. The maximum Gasteiger partial charge on any atom is 0.153 e. The summed E-state index contributed by atoms with van der Waals surface area (Å²) in [5.74, 6) is 1.25. The van der Waals surface area contributed by atoms with Crippen molar-refractivity contribution in [2.45, 2.75) is 24.9 Å². The molecule has 4 rings (SSSR count). The first kappa shape index (κ1) is 12.9. The van der Waals surface area contributed by atoms with Crippen molar-refractivity contribution >= 4 is 22.6 Å². The lowest BCUT2D eigenvalue weighted by molar-refractivity contribution is 0.192. The third-order valence-electron chi connectivity index (χ3n) is 4.09. The highest BCUT2D eigenvalue weighted by Crippen LogP contribution is 2.40. The van der Waals surface area contributed by atoms with Crippen molar-refractivity contribution in [2.75, 3.05) is 0 Å². The van der Waals surface area contributed by atoms with Gasteiger partial charge in [0.1, 0.15) is 11.9 Å². The maximum atomic E-state index is 10.5. The molecule has 0 bridgehead atoms. The van der Waals surface area contributed by atoms with Crippen LogP contribution in [0, 0.1) is 0 Å². The van der Waals surface area contributed by atoms with E-state index in [0.717, 1.165) is 16.9 Å². The third kappa shape index (κ3) is 2.35. The van der Waals surface area contributed by atoms with Crippen molar-refractivity contribution < 1.29 is 9.52 Å². The number of halogens is 1. The quantitative estimate of drug-likeness (QED) is 0.734. The van der Waals surface area contributed by atoms with Gasteiger partial charge in [0, 0.05) is 5.39 Å². The lowest BCUT2D eigenvalue weighted by atomic mass is 10.0. The second-order valence-corrected chi connectivity index (χ2v) is 6.06. The summed E-state index contributed by atoms with van der Waals surface area (Å²) in [5, 5.41) is 12.0. The second-order valence-electron chi connectivity index (χ2n) is 5.65. The van der Waals surface area contributed by atoms with Crippen LogP contribution in [0.2, 0.25) is 5.02 Å². The number of benzene rings is 2. The van der Waals surface area contributed by atoms with E-state index < -0.39 is 6.10 Å². The van der Waals surface area contributed by atoms with Gasteiger partial charge < -0.3 is 9.52 Å². The van der Waals surface area contributed by atoms with E-state index in [1.807, 2.05) is 30.3 Å². The van der Waals surface area contributed by atoms with E-state index in [9.17, 15) is 5.11 Å². The molecule has 3 heteroatoms. The molecule has 1 aliphatic carbocycles.